The van der Waals surface area contributed by atoms with Crippen molar-refractivity contribution in [2.75, 3.05) is 35.2 Å². The van der Waals surface area contributed by atoms with Gasteiger partial charge in [-0.05, 0) is 25.0 Å². The molecule has 3 heterocycles. The zero-order valence-electron chi connectivity index (χ0n) is 15.8. The number of nitrogens with two attached hydrogens (primary N) is 1. The minimum absolute atomic E-state index is 0.205. The first-order valence-corrected chi connectivity index (χ1v) is 9.83. The van der Waals surface area contributed by atoms with E-state index in [1.165, 1.54) is 0 Å². The van der Waals surface area contributed by atoms with E-state index < -0.39 is 0 Å². The van der Waals surface area contributed by atoms with Gasteiger partial charge in [-0.2, -0.15) is 4.98 Å². The Balaban J connectivity index is 1.42. The summed E-state index contributed by atoms with van der Waals surface area (Å²) in [6.45, 7) is 2.21. The molecule has 1 aromatic carbocycles. The summed E-state index contributed by atoms with van der Waals surface area (Å²) in [5, 5.41) is 6.65. The molecule has 9 nitrogen and oxygen atoms in total. The number of nitrogens with zero attached hydrogens (tertiary/aromatic N) is 4. The Labute approximate surface area is 173 Å². The Kier molecular flexibility index (Phi) is 5.50. The SMILES string of the molecule is NC(=O)CN1CCC(Nc2ncc3c(n2)NC(=O)N(c2ccccc2Cl)C3)CC1. The maximum absolute atomic E-state index is 12.6. The van der Waals surface area contributed by atoms with Crippen LogP contribution in [-0.2, 0) is 11.3 Å². The van der Waals surface area contributed by atoms with E-state index in [1.54, 1.807) is 23.2 Å². The molecule has 1 aromatic heterocycles. The minimum Gasteiger partial charge on any atom is -0.369 e. The zero-order chi connectivity index (χ0) is 20.4. The quantitative estimate of drug-likeness (QED) is 0.688. The largest absolute Gasteiger partial charge is 0.369 e. The smallest absolute Gasteiger partial charge is 0.327 e. The topological polar surface area (TPSA) is 116 Å². The average Bonchev–Trinajstić information content (AvgIpc) is 2.69. The van der Waals surface area contributed by atoms with Gasteiger partial charge in [0.2, 0.25) is 11.9 Å². The molecule has 4 rings (SSSR count). The van der Waals surface area contributed by atoms with Crippen LogP contribution in [0.25, 0.3) is 0 Å². The number of primary amides is 1. The van der Waals surface area contributed by atoms with E-state index in [1.807, 2.05) is 17.0 Å². The Morgan fingerprint density at radius 3 is 2.79 bits per heavy atom. The van der Waals surface area contributed by atoms with Crippen LogP contribution in [0.4, 0.5) is 22.2 Å². The van der Waals surface area contributed by atoms with Gasteiger partial charge in [0, 0.05) is 30.9 Å². The van der Waals surface area contributed by atoms with Crippen molar-refractivity contribution in [1.82, 2.24) is 14.9 Å². The van der Waals surface area contributed by atoms with Crippen LogP contribution in [0, 0.1) is 0 Å². The van der Waals surface area contributed by atoms with Crippen LogP contribution >= 0.6 is 11.6 Å². The third kappa shape index (κ3) is 4.41. The molecule has 0 atom stereocenters. The molecule has 29 heavy (non-hydrogen) atoms. The summed E-state index contributed by atoms with van der Waals surface area (Å²) in [5.74, 6) is 0.668. The van der Waals surface area contributed by atoms with E-state index in [-0.39, 0.29) is 24.5 Å². The van der Waals surface area contributed by atoms with E-state index >= 15 is 0 Å². The van der Waals surface area contributed by atoms with E-state index in [4.69, 9.17) is 17.3 Å². The fourth-order valence-corrected chi connectivity index (χ4v) is 3.85. The van der Waals surface area contributed by atoms with Gasteiger partial charge >= 0.3 is 6.03 Å². The molecule has 10 heteroatoms. The number of anilines is 3. The van der Waals surface area contributed by atoms with Crippen molar-refractivity contribution in [2.45, 2.75) is 25.4 Å². The Morgan fingerprint density at radius 1 is 1.31 bits per heavy atom. The fourth-order valence-electron chi connectivity index (χ4n) is 3.61. The van der Waals surface area contributed by atoms with Crippen molar-refractivity contribution < 1.29 is 9.59 Å². The highest BCUT2D eigenvalue weighted by atomic mass is 35.5. The molecular weight excluding hydrogens is 394 g/mol. The maximum atomic E-state index is 12.6. The lowest BCUT2D eigenvalue weighted by Crippen LogP contribution is -2.43. The van der Waals surface area contributed by atoms with Crippen molar-refractivity contribution in [3.05, 3.63) is 41.0 Å². The second kappa shape index (κ2) is 8.22. The number of carbonyl (C=O) groups excluding carboxylic acids is 2. The van der Waals surface area contributed by atoms with Crippen LogP contribution in [-0.4, -0.2) is 52.5 Å². The standard InChI is InChI=1S/C19H22ClN7O2/c20-14-3-1-2-4-15(14)27-10-12-9-22-18(24-17(12)25-19(27)29)23-13-5-7-26(8-6-13)11-16(21)28/h1-4,9,13H,5-8,10-11H2,(H2,21,28)(H2,22,23,24,25,29). The third-order valence-corrected chi connectivity index (χ3v) is 5.43. The molecule has 1 saturated heterocycles. The number of aromatic nitrogens is 2. The molecule has 0 aliphatic carbocycles. The van der Waals surface area contributed by atoms with Gasteiger partial charge in [-0.1, -0.05) is 23.7 Å². The number of urea groups is 1. The first-order valence-electron chi connectivity index (χ1n) is 9.46. The number of amides is 3. The molecule has 1 fully saturated rings. The van der Waals surface area contributed by atoms with Crippen LogP contribution in [0.1, 0.15) is 18.4 Å². The summed E-state index contributed by atoms with van der Waals surface area (Å²) in [4.78, 5) is 36.1. The summed E-state index contributed by atoms with van der Waals surface area (Å²) in [5.41, 5.74) is 6.70. The molecule has 4 N–H and O–H groups in total. The number of para-hydroxylation sites is 1. The van der Waals surface area contributed by atoms with Gasteiger partial charge in [0.05, 0.1) is 23.8 Å². The van der Waals surface area contributed by atoms with Crippen molar-refractivity contribution in [1.29, 1.82) is 0 Å². The van der Waals surface area contributed by atoms with Gasteiger partial charge in [-0.3, -0.25) is 19.9 Å². The van der Waals surface area contributed by atoms with Crippen molar-refractivity contribution in [3.8, 4) is 0 Å². The molecule has 2 aliphatic heterocycles. The molecule has 0 unspecified atom stereocenters. The van der Waals surface area contributed by atoms with E-state index in [2.05, 4.69) is 20.6 Å². The second-order valence-corrected chi connectivity index (χ2v) is 7.60. The first kappa shape index (κ1) is 19.4. The number of benzene rings is 1. The molecule has 2 aliphatic rings. The molecule has 0 spiro atoms. The molecule has 152 valence electrons. The number of hydrogen-bond donors (Lipinski definition) is 3. The van der Waals surface area contributed by atoms with Crippen LogP contribution in [0.3, 0.4) is 0 Å². The molecule has 3 amide bonds. The van der Waals surface area contributed by atoms with Gasteiger partial charge in [-0.15, -0.1) is 0 Å². The lowest BCUT2D eigenvalue weighted by atomic mass is 10.1. The van der Waals surface area contributed by atoms with Gasteiger partial charge in [0.15, 0.2) is 0 Å². The summed E-state index contributed by atoms with van der Waals surface area (Å²) < 4.78 is 0. The zero-order valence-corrected chi connectivity index (χ0v) is 16.5. The number of carbonyl (C=O) groups is 2. The lowest BCUT2D eigenvalue weighted by molar-refractivity contribution is -0.119. The Bertz CT molecular complexity index is 931. The highest BCUT2D eigenvalue weighted by Gasteiger charge is 2.27. The van der Waals surface area contributed by atoms with Gasteiger partial charge in [-0.25, -0.2) is 9.78 Å². The molecular formula is C19H22ClN7O2. The van der Waals surface area contributed by atoms with E-state index in [0.717, 1.165) is 31.5 Å². The summed E-state index contributed by atoms with van der Waals surface area (Å²) >= 11 is 6.23. The lowest BCUT2D eigenvalue weighted by Gasteiger charge is -2.32. The first-order chi connectivity index (χ1) is 14.0. The van der Waals surface area contributed by atoms with E-state index in [9.17, 15) is 9.59 Å². The summed E-state index contributed by atoms with van der Waals surface area (Å²) in [7, 11) is 0. The number of likely N-dealkylation sites (tertiary alicyclic amines) is 1. The predicted octanol–water partition coefficient (Wildman–Crippen LogP) is 2.04. The average molecular weight is 416 g/mol. The normalized spacial score (nSPS) is 17.6. The van der Waals surface area contributed by atoms with Crippen molar-refractivity contribution in [2.24, 2.45) is 5.73 Å². The highest BCUT2D eigenvalue weighted by molar-refractivity contribution is 6.34. The predicted molar refractivity (Wildman–Crippen MR) is 111 cm³/mol. The Morgan fingerprint density at radius 2 is 2.07 bits per heavy atom. The second-order valence-electron chi connectivity index (χ2n) is 7.20. The number of halogens is 1. The minimum atomic E-state index is -0.309. The van der Waals surface area contributed by atoms with Gasteiger partial charge in [0.1, 0.15) is 5.82 Å². The fraction of sp³-hybridized carbons (Fsp3) is 0.368. The highest BCUT2D eigenvalue weighted by Crippen LogP contribution is 2.31. The number of hydrogen-bond acceptors (Lipinski definition) is 6. The van der Waals surface area contributed by atoms with Gasteiger partial charge < -0.3 is 11.1 Å². The van der Waals surface area contributed by atoms with E-state index in [0.29, 0.717) is 29.0 Å². The number of rotatable bonds is 5. The molecule has 0 radical (unpaired) electrons. The summed E-state index contributed by atoms with van der Waals surface area (Å²) in [6, 6.07) is 7.13. The number of fused-ring (bicyclic) bond motifs is 1. The van der Waals surface area contributed by atoms with Crippen LogP contribution in [0.5, 0.6) is 0 Å². The number of nitrogens with one attached hydrogen (secondary N) is 2. The Hall–Kier alpha value is -2.91. The van der Waals surface area contributed by atoms with Gasteiger partial charge in [0.25, 0.3) is 0 Å². The monoisotopic (exact) mass is 415 g/mol. The summed E-state index contributed by atoms with van der Waals surface area (Å²) in [6.07, 6.45) is 3.44. The van der Waals surface area contributed by atoms with Crippen molar-refractivity contribution >= 4 is 41.0 Å². The van der Waals surface area contributed by atoms with Crippen LogP contribution < -0.4 is 21.3 Å². The molecule has 2 aromatic rings. The third-order valence-electron chi connectivity index (χ3n) is 5.11. The number of piperidine rings is 1. The van der Waals surface area contributed by atoms with Crippen molar-refractivity contribution in [3.63, 3.8) is 0 Å². The maximum Gasteiger partial charge on any atom is 0.327 e. The van der Waals surface area contributed by atoms with Crippen LogP contribution in [0.2, 0.25) is 5.02 Å². The molecule has 0 saturated carbocycles. The molecule has 0 bridgehead atoms. The van der Waals surface area contributed by atoms with Crippen LogP contribution in [0.15, 0.2) is 30.5 Å².